The minimum atomic E-state index is -0.368. The summed E-state index contributed by atoms with van der Waals surface area (Å²) in [6.07, 6.45) is 0.830. The van der Waals surface area contributed by atoms with E-state index in [1.54, 1.807) is 16.2 Å². The quantitative estimate of drug-likeness (QED) is 0.496. The van der Waals surface area contributed by atoms with Crippen LogP contribution in [0.3, 0.4) is 0 Å². The van der Waals surface area contributed by atoms with Crippen LogP contribution in [0, 0.1) is 5.92 Å². The molecule has 0 radical (unpaired) electrons. The van der Waals surface area contributed by atoms with Gasteiger partial charge in [-0.05, 0) is 73.7 Å². The van der Waals surface area contributed by atoms with E-state index in [4.69, 9.17) is 4.74 Å². The molecule has 1 aliphatic rings. The van der Waals surface area contributed by atoms with Crippen molar-refractivity contribution in [1.82, 2.24) is 15.1 Å². The summed E-state index contributed by atoms with van der Waals surface area (Å²) in [6.45, 7) is 15.9. The van der Waals surface area contributed by atoms with Crippen LogP contribution >= 0.6 is 11.3 Å². The second-order valence-corrected chi connectivity index (χ2v) is 12.1. The van der Waals surface area contributed by atoms with Crippen LogP contribution in [0.25, 0.3) is 0 Å². The molecule has 7 heteroatoms. The van der Waals surface area contributed by atoms with E-state index in [9.17, 15) is 9.59 Å². The molecule has 0 unspecified atom stereocenters. The van der Waals surface area contributed by atoms with Crippen molar-refractivity contribution in [2.75, 3.05) is 26.2 Å². The number of hydrogen-bond donors (Lipinski definition) is 1. The zero-order chi connectivity index (χ0) is 25.8. The summed E-state index contributed by atoms with van der Waals surface area (Å²) in [6, 6.07) is 9.92. The lowest BCUT2D eigenvalue weighted by molar-refractivity contribution is -0.135. The number of fused-ring (bicyclic) bond motifs is 1. The number of hydrogen-bond acceptors (Lipinski definition) is 4. The molecule has 1 aromatic carbocycles. The van der Waals surface area contributed by atoms with Gasteiger partial charge in [0, 0.05) is 23.5 Å². The Morgan fingerprint density at radius 2 is 1.83 bits per heavy atom. The Morgan fingerprint density at radius 3 is 2.43 bits per heavy atom. The molecule has 0 saturated heterocycles. The van der Waals surface area contributed by atoms with E-state index in [0.717, 1.165) is 17.7 Å². The molecule has 192 valence electrons. The molecular formula is C28H41N3O3S. The van der Waals surface area contributed by atoms with Gasteiger partial charge in [0.2, 0.25) is 5.91 Å². The average molecular weight is 500 g/mol. The van der Waals surface area contributed by atoms with Gasteiger partial charge in [-0.3, -0.25) is 4.79 Å². The van der Waals surface area contributed by atoms with Crippen LogP contribution in [-0.2, 0) is 11.2 Å². The van der Waals surface area contributed by atoms with Crippen LogP contribution in [0.2, 0.25) is 0 Å². The number of amides is 3. The molecule has 0 saturated carbocycles. The fraction of sp³-hybridized carbons (Fsp3) is 0.571. The summed E-state index contributed by atoms with van der Waals surface area (Å²) >= 11 is 1.74. The third-order valence-electron chi connectivity index (χ3n) is 6.05. The Kier molecular flexibility index (Phi) is 8.86. The van der Waals surface area contributed by atoms with Gasteiger partial charge in [0.25, 0.3) is 0 Å². The molecule has 1 atom stereocenters. The highest BCUT2D eigenvalue weighted by Crippen LogP contribution is 2.34. The number of ether oxygens (including phenoxy) is 1. The Labute approximate surface area is 214 Å². The topological polar surface area (TPSA) is 61.9 Å². The first kappa shape index (κ1) is 27.1. The number of rotatable bonds is 8. The summed E-state index contributed by atoms with van der Waals surface area (Å²) in [5, 5.41) is 5.10. The predicted octanol–water partition coefficient (Wildman–Crippen LogP) is 5.84. The molecule has 2 aromatic rings. The van der Waals surface area contributed by atoms with Crippen LogP contribution in [0.15, 0.2) is 35.7 Å². The Bertz CT molecular complexity index is 992. The number of benzene rings is 1. The van der Waals surface area contributed by atoms with Crippen LogP contribution in [0.4, 0.5) is 4.79 Å². The number of thiophene rings is 1. The van der Waals surface area contributed by atoms with Gasteiger partial charge < -0.3 is 19.9 Å². The minimum absolute atomic E-state index is 0.0460. The second-order valence-electron chi connectivity index (χ2n) is 11.1. The third kappa shape index (κ3) is 7.47. The molecule has 3 rings (SSSR count). The van der Waals surface area contributed by atoms with E-state index < -0.39 is 0 Å². The molecule has 6 nitrogen and oxygen atoms in total. The molecule has 1 N–H and O–H groups in total. The lowest BCUT2D eigenvalue weighted by Gasteiger charge is -2.37. The number of nitrogens with one attached hydrogen (secondary N) is 1. The maximum Gasteiger partial charge on any atom is 0.318 e. The molecule has 2 heterocycles. The van der Waals surface area contributed by atoms with E-state index in [-0.39, 0.29) is 36.0 Å². The largest absolute Gasteiger partial charge is 0.491 e. The van der Waals surface area contributed by atoms with E-state index >= 15 is 0 Å². The molecule has 0 bridgehead atoms. The smallest absolute Gasteiger partial charge is 0.318 e. The molecular weight excluding hydrogens is 458 g/mol. The van der Waals surface area contributed by atoms with Crippen molar-refractivity contribution in [1.29, 1.82) is 0 Å². The first-order valence-corrected chi connectivity index (χ1v) is 13.5. The second kappa shape index (κ2) is 11.5. The average Bonchev–Trinajstić information content (AvgIpc) is 3.24. The summed E-state index contributed by atoms with van der Waals surface area (Å²) in [7, 11) is 0. The van der Waals surface area contributed by atoms with Gasteiger partial charge in [-0.15, -0.1) is 11.3 Å². The zero-order valence-electron chi connectivity index (χ0n) is 22.3. The van der Waals surface area contributed by atoms with Gasteiger partial charge in [0.05, 0.1) is 6.04 Å². The number of carbonyl (C=O) groups excluding carboxylic acids is 2. The van der Waals surface area contributed by atoms with Crippen molar-refractivity contribution >= 4 is 23.3 Å². The lowest BCUT2D eigenvalue weighted by Crippen LogP contribution is -2.53. The van der Waals surface area contributed by atoms with Crippen LogP contribution < -0.4 is 10.1 Å². The van der Waals surface area contributed by atoms with Crippen LogP contribution in [0.1, 0.15) is 76.4 Å². The van der Waals surface area contributed by atoms with Crippen molar-refractivity contribution in [3.63, 3.8) is 0 Å². The van der Waals surface area contributed by atoms with Gasteiger partial charge in [0.15, 0.2) is 0 Å². The van der Waals surface area contributed by atoms with Crippen molar-refractivity contribution in [2.24, 2.45) is 5.92 Å². The highest BCUT2D eigenvalue weighted by molar-refractivity contribution is 7.10. The Balaban J connectivity index is 1.76. The normalized spacial score (nSPS) is 15.8. The minimum Gasteiger partial charge on any atom is -0.491 e. The SMILES string of the molecule is CC(C)CN(CC(=O)N1CCc2sccc2[C@@H]1COc1ccc(C(C)C)cc1)C(=O)NC(C)(C)C. The predicted molar refractivity (Wildman–Crippen MR) is 143 cm³/mol. The maximum atomic E-state index is 13.6. The highest BCUT2D eigenvalue weighted by atomic mass is 32.1. The van der Waals surface area contributed by atoms with Crippen LogP contribution in [-0.4, -0.2) is 53.5 Å². The molecule has 35 heavy (non-hydrogen) atoms. The third-order valence-corrected chi connectivity index (χ3v) is 7.05. The van der Waals surface area contributed by atoms with Gasteiger partial charge in [0.1, 0.15) is 18.9 Å². The molecule has 3 amide bonds. The van der Waals surface area contributed by atoms with Crippen LogP contribution in [0.5, 0.6) is 5.75 Å². The monoisotopic (exact) mass is 499 g/mol. The van der Waals surface area contributed by atoms with Gasteiger partial charge in [-0.1, -0.05) is 39.8 Å². The van der Waals surface area contributed by atoms with E-state index in [2.05, 4.69) is 56.6 Å². The zero-order valence-corrected chi connectivity index (χ0v) is 23.1. The maximum absolute atomic E-state index is 13.6. The standard InChI is InChI=1S/C28H41N3O3S/c1-19(2)16-30(27(33)29-28(5,6)7)17-26(32)31-14-12-25-23(13-15-35-25)24(31)18-34-22-10-8-21(9-11-22)20(3)4/h8-11,13,15,19-20,24H,12,14,16-18H2,1-7H3,(H,29,33)/t24-/m0/s1. The lowest BCUT2D eigenvalue weighted by atomic mass is 10.00. The van der Waals surface area contributed by atoms with Crippen molar-refractivity contribution < 1.29 is 14.3 Å². The van der Waals surface area contributed by atoms with E-state index in [1.165, 1.54) is 10.4 Å². The first-order valence-electron chi connectivity index (χ1n) is 12.6. The van der Waals surface area contributed by atoms with Gasteiger partial charge in [-0.25, -0.2) is 4.79 Å². The van der Waals surface area contributed by atoms with Crippen molar-refractivity contribution in [3.8, 4) is 5.75 Å². The molecule has 0 spiro atoms. The Morgan fingerprint density at radius 1 is 1.14 bits per heavy atom. The molecule has 1 aliphatic heterocycles. The molecule has 0 fully saturated rings. The highest BCUT2D eigenvalue weighted by Gasteiger charge is 2.34. The van der Waals surface area contributed by atoms with Gasteiger partial charge >= 0.3 is 6.03 Å². The molecule has 0 aliphatic carbocycles. The van der Waals surface area contributed by atoms with Crippen molar-refractivity contribution in [3.05, 3.63) is 51.7 Å². The fourth-order valence-corrected chi connectivity index (χ4v) is 5.24. The number of nitrogens with zero attached hydrogens (tertiary/aromatic N) is 2. The molecule has 1 aromatic heterocycles. The number of urea groups is 1. The Hall–Kier alpha value is -2.54. The van der Waals surface area contributed by atoms with E-state index in [1.807, 2.05) is 37.8 Å². The number of carbonyl (C=O) groups is 2. The summed E-state index contributed by atoms with van der Waals surface area (Å²) in [5.41, 5.74) is 2.06. The first-order chi connectivity index (χ1) is 16.4. The fourth-order valence-electron chi connectivity index (χ4n) is 4.31. The summed E-state index contributed by atoms with van der Waals surface area (Å²) < 4.78 is 6.19. The summed E-state index contributed by atoms with van der Waals surface area (Å²) in [5.74, 6) is 1.48. The van der Waals surface area contributed by atoms with E-state index in [0.29, 0.717) is 25.6 Å². The van der Waals surface area contributed by atoms with Crippen molar-refractivity contribution in [2.45, 2.75) is 72.4 Å². The van der Waals surface area contributed by atoms with Gasteiger partial charge in [-0.2, -0.15) is 0 Å². The summed E-state index contributed by atoms with van der Waals surface area (Å²) in [4.78, 5) is 31.4.